The van der Waals surface area contributed by atoms with Gasteiger partial charge >= 0.3 is 5.97 Å². The van der Waals surface area contributed by atoms with Gasteiger partial charge in [0.15, 0.2) is 0 Å². The number of hydrogen-bond acceptors (Lipinski definition) is 2. The summed E-state index contributed by atoms with van der Waals surface area (Å²) in [6.45, 7) is 1.15. The van der Waals surface area contributed by atoms with Gasteiger partial charge in [0.2, 0.25) is 0 Å². The number of carboxylic acids is 1. The van der Waals surface area contributed by atoms with Crippen molar-refractivity contribution in [3.8, 4) is 0 Å². The molecule has 5 heteroatoms. The van der Waals surface area contributed by atoms with Crippen LogP contribution in [0.3, 0.4) is 0 Å². The van der Waals surface area contributed by atoms with Crippen LogP contribution in [0.2, 0.25) is 10.0 Å². The fraction of sp³-hybridized carbons (Fsp3) is 0.235. The van der Waals surface area contributed by atoms with E-state index >= 15 is 0 Å². The predicted molar refractivity (Wildman–Crippen MR) is 87.3 cm³/mol. The van der Waals surface area contributed by atoms with Crippen molar-refractivity contribution in [1.82, 2.24) is 4.90 Å². The van der Waals surface area contributed by atoms with Crippen molar-refractivity contribution in [1.29, 1.82) is 0 Å². The molecule has 3 rings (SSSR count). The van der Waals surface area contributed by atoms with Gasteiger partial charge in [-0.1, -0.05) is 41.4 Å². The van der Waals surface area contributed by atoms with E-state index in [0.717, 1.165) is 16.7 Å². The molecule has 0 spiro atoms. The van der Waals surface area contributed by atoms with Crippen LogP contribution in [0.25, 0.3) is 0 Å². The van der Waals surface area contributed by atoms with Gasteiger partial charge in [0.05, 0.1) is 0 Å². The maximum Gasteiger partial charge on any atom is 0.321 e. The van der Waals surface area contributed by atoms with E-state index in [1.165, 1.54) is 0 Å². The first-order valence-corrected chi connectivity index (χ1v) is 7.77. The van der Waals surface area contributed by atoms with Crippen LogP contribution in [-0.4, -0.2) is 22.0 Å². The molecule has 0 fully saturated rings. The summed E-state index contributed by atoms with van der Waals surface area (Å²) < 4.78 is 0. The topological polar surface area (TPSA) is 40.5 Å². The summed E-state index contributed by atoms with van der Waals surface area (Å²) >= 11 is 11.9. The summed E-state index contributed by atoms with van der Waals surface area (Å²) in [7, 11) is 0. The highest BCUT2D eigenvalue weighted by Gasteiger charge is 2.31. The van der Waals surface area contributed by atoms with Gasteiger partial charge < -0.3 is 5.11 Å². The van der Waals surface area contributed by atoms with E-state index in [0.29, 0.717) is 29.6 Å². The standard InChI is InChI=1S/C17H15Cl2NO2/c18-14-4-1-11(2-5-14)9-20-10-13-7-15(19)6-3-12(13)8-16(20)17(21)22/h1-7,16H,8-10H2,(H,21,22)/t16-/m0/s1. The Bertz CT molecular complexity index is 700. The van der Waals surface area contributed by atoms with Crippen LogP contribution < -0.4 is 0 Å². The molecule has 1 aliphatic heterocycles. The molecule has 1 atom stereocenters. The molecule has 0 saturated heterocycles. The van der Waals surface area contributed by atoms with Gasteiger partial charge in [-0.15, -0.1) is 0 Å². The molecule has 114 valence electrons. The van der Waals surface area contributed by atoms with Crippen LogP contribution in [0.15, 0.2) is 42.5 Å². The second-order valence-electron chi connectivity index (χ2n) is 5.50. The number of halogens is 2. The summed E-state index contributed by atoms with van der Waals surface area (Å²) in [5.74, 6) is -0.797. The summed E-state index contributed by atoms with van der Waals surface area (Å²) in [5.41, 5.74) is 3.20. The second-order valence-corrected chi connectivity index (χ2v) is 6.38. The molecule has 3 nitrogen and oxygen atoms in total. The molecule has 0 aromatic heterocycles. The lowest BCUT2D eigenvalue weighted by Crippen LogP contribution is -2.45. The first-order chi connectivity index (χ1) is 10.5. The third-order valence-electron chi connectivity index (χ3n) is 3.98. The van der Waals surface area contributed by atoms with Crippen LogP contribution in [0, 0.1) is 0 Å². The zero-order valence-corrected chi connectivity index (χ0v) is 13.3. The number of carbonyl (C=O) groups is 1. The molecule has 0 radical (unpaired) electrons. The maximum absolute atomic E-state index is 11.6. The zero-order valence-electron chi connectivity index (χ0n) is 11.8. The molecule has 0 aliphatic carbocycles. The van der Waals surface area contributed by atoms with E-state index in [9.17, 15) is 9.90 Å². The number of carboxylic acid groups (broad SMARTS) is 1. The monoisotopic (exact) mass is 335 g/mol. The van der Waals surface area contributed by atoms with E-state index in [1.807, 2.05) is 47.4 Å². The lowest BCUT2D eigenvalue weighted by atomic mass is 9.93. The molecule has 1 N–H and O–H groups in total. The van der Waals surface area contributed by atoms with Crippen molar-refractivity contribution >= 4 is 29.2 Å². The highest BCUT2D eigenvalue weighted by atomic mass is 35.5. The first-order valence-electron chi connectivity index (χ1n) is 7.01. The Morgan fingerprint density at radius 1 is 1.09 bits per heavy atom. The molecule has 1 aliphatic rings. The SMILES string of the molecule is O=C(O)[C@@H]1Cc2ccc(Cl)cc2CN1Cc1ccc(Cl)cc1. The largest absolute Gasteiger partial charge is 0.480 e. The third-order valence-corrected chi connectivity index (χ3v) is 4.47. The Labute approximate surface area is 139 Å². The van der Waals surface area contributed by atoms with Gasteiger partial charge in [-0.05, 0) is 47.4 Å². The number of fused-ring (bicyclic) bond motifs is 1. The van der Waals surface area contributed by atoms with E-state index in [-0.39, 0.29) is 0 Å². The molecule has 2 aromatic rings. The van der Waals surface area contributed by atoms with Crippen LogP contribution in [0.1, 0.15) is 16.7 Å². The molecular weight excluding hydrogens is 321 g/mol. The lowest BCUT2D eigenvalue weighted by Gasteiger charge is -2.34. The quantitative estimate of drug-likeness (QED) is 0.921. The molecule has 0 saturated carbocycles. The molecule has 2 aromatic carbocycles. The molecule has 0 unspecified atom stereocenters. The fourth-order valence-corrected chi connectivity index (χ4v) is 3.16. The molecule has 0 bridgehead atoms. The van der Waals surface area contributed by atoms with Gasteiger partial charge in [-0.3, -0.25) is 9.69 Å². The normalized spacial score (nSPS) is 18.0. The Balaban J connectivity index is 1.87. The van der Waals surface area contributed by atoms with Gasteiger partial charge in [-0.2, -0.15) is 0 Å². The van der Waals surface area contributed by atoms with Crippen LogP contribution >= 0.6 is 23.2 Å². The van der Waals surface area contributed by atoms with Crippen LogP contribution in [0.5, 0.6) is 0 Å². The highest BCUT2D eigenvalue weighted by molar-refractivity contribution is 6.30. The number of hydrogen-bond donors (Lipinski definition) is 1. The van der Waals surface area contributed by atoms with Crippen molar-refractivity contribution in [2.45, 2.75) is 25.6 Å². The second kappa shape index (κ2) is 6.29. The summed E-state index contributed by atoms with van der Waals surface area (Å²) in [6, 6.07) is 12.6. The van der Waals surface area contributed by atoms with E-state index in [4.69, 9.17) is 23.2 Å². The number of aliphatic carboxylic acids is 1. The fourth-order valence-electron chi connectivity index (χ4n) is 2.84. The molecule has 22 heavy (non-hydrogen) atoms. The van der Waals surface area contributed by atoms with Crippen LogP contribution in [-0.2, 0) is 24.3 Å². The Hall–Kier alpha value is -1.55. The average molecular weight is 336 g/mol. The van der Waals surface area contributed by atoms with E-state index in [1.54, 1.807) is 0 Å². The van der Waals surface area contributed by atoms with E-state index in [2.05, 4.69) is 0 Å². The average Bonchev–Trinajstić information content (AvgIpc) is 2.48. The highest BCUT2D eigenvalue weighted by Crippen LogP contribution is 2.27. The minimum atomic E-state index is -0.797. The van der Waals surface area contributed by atoms with Crippen molar-refractivity contribution < 1.29 is 9.90 Å². The minimum absolute atomic E-state index is 0.495. The Morgan fingerprint density at radius 2 is 1.77 bits per heavy atom. The first kappa shape index (κ1) is 15.3. The van der Waals surface area contributed by atoms with Gasteiger partial charge in [0.1, 0.15) is 6.04 Å². The van der Waals surface area contributed by atoms with Crippen molar-refractivity contribution in [2.24, 2.45) is 0 Å². The molecular formula is C17H15Cl2NO2. The van der Waals surface area contributed by atoms with Gasteiger partial charge in [-0.25, -0.2) is 0 Å². The van der Waals surface area contributed by atoms with Crippen molar-refractivity contribution in [2.75, 3.05) is 0 Å². The number of rotatable bonds is 3. The maximum atomic E-state index is 11.6. The lowest BCUT2D eigenvalue weighted by molar-refractivity contribution is -0.144. The summed E-state index contributed by atoms with van der Waals surface area (Å²) in [4.78, 5) is 13.6. The minimum Gasteiger partial charge on any atom is -0.480 e. The summed E-state index contributed by atoms with van der Waals surface area (Å²) in [5, 5.41) is 10.9. The third kappa shape index (κ3) is 3.27. The van der Waals surface area contributed by atoms with Gasteiger partial charge in [0, 0.05) is 23.1 Å². The summed E-state index contributed by atoms with van der Waals surface area (Å²) in [6.07, 6.45) is 0.495. The number of benzene rings is 2. The Kier molecular flexibility index (Phi) is 4.39. The Morgan fingerprint density at radius 3 is 2.45 bits per heavy atom. The molecule has 0 amide bonds. The van der Waals surface area contributed by atoms with Crippen LogP contribution in [0.4, 0.5) is 0 Å². The smallest absolute Gasteiger partial charge is 0.321 e. The van der Waals surface area contributed by atoms with Gasteiger partial charge in [0.25, 0.3) is 0 Å². The van der Waals surface area contributed by atoms with E-state index < -0.39 is 12.0 Å². The van der Waals surface area contributed by atoms with Crippen molar-refractivity contribution in [3.05, 3.63) is 69.2 Å². The predicted octanol–water partition coefficient (Wildman–Crippen LogP) is 4.00. The zero-order chi connectivity index (χ0) is 15.7. The molecule has 1 heterocycles. The number of nitrogens with zero attached hydrogens (tertiary/aromatic N) is 1. The van der Waals surface area contributed by atoms with Crippen molar-refractivity contribution in [3.63, 3.8) is 0 Å².